The van der Waals surface area contributed by atoms with E-state index >= 15 is 0 Å². The Labute approximate surface area is 182 Å². The van der Waals surface area contributed by atoms with Crippen molar-refractivity contribution in [3.05, 3.63) is 48.0 Å². The van der Waals surface area contributed by atoms with Crippen LogP contribution in [-0.4, -0.2) is 56.5 Å². The van der Waals surface area contributed by atoms with Gasteiger partial charge in [0.1, 0.15) is 17.7 Å². The normalized spacial score (nSPS) is 13.2. The van der Waals surface area contributed by atoms with Crippen LogP contribution in [0.5, 0.6) is 0 Å². The average Bonchev–Trinajstić information content (AvgIpc) is 2.70. The molecule has 0 spiro atoms. The second-order valence-electron chi connectivity index (χ2n) is 8.12. The van der Waals surface area contributed by atoms with Gasteiger partial charge in [-0.25, -0.2) is 9.59 Å². The van der Waals surface area contributed by atoms with Crippen LogP contribution in [0.25, 0.3) is 10.8 Å². The summed E-state index contributed by atoms with van der Waals surface area (Å²) in [6.45, 7) is 5.06. The van der Waals surface area contributed by atoms with E-state index in [9.17, 15) is 14.4 Å². The lowest BCUT2D eigenvalue weighted by atomic mass is 10.0. The van der Waals surface area contributed by atoms with Gasteiger partial charge in [0.25, 0.3) is 0 Å². The Bertz CT molecular complexity index is 922. The van der Waals surface area contributed by atoms with E-state index in [-0.39, 0.29) is 13.0 Å². The Balaban J connectivity index is 2.13. The van der Waals surface area contributed by atoms with Crippen molar-refractivity contribution in [2.75, 3.05) is 20.8 Å². The van der Waals surface area contributed by atoms with Crippen molar-refractivity contribution in [3.63, 3.8) is 0 Å². The zero-order chi connectivity index (χ0) is 23.0. The number of rotatable bonds is 8. The second kappa shape index (κ2) is 10.8. The molecule has 0 bridgehead atoms. The molecule has 0 aliphatic rings. The van der Waals surface area contributed by atoms with Crippen molar-refractivity contribution in [1.82, 2.24) is 10.6 Å². The number of benzene rings is 2. The molecule has 0 aliphatic carbocycles. The monoisotopic (exact) mass is 430 g/mol. The first-order chi connectivity index (χ1) is 14.6. The molecule has 0 heterocycles. The molecule has 0 aliphatic heterocycles. The zero-order valence-corrected chi connectivity index (χ0v) is 18.6. The number of hydrogen-bond donors (Lipinski definition) is 2. The minimum absolute atomic E-state index is 0.0883. The molecule has 0 saturated heterocycles. The molecule has 2 N–H and O–H groups in total. The number of carbonyl (C=O) groups excluding carboxylic acids is 3. The van der Waals surface area contributed by atoms with E-state index in [2.05, 4.69) is 10.6 Å². The molecular weight excluding hydrogens is 400 g/mol. The van der Waals surface area contributed by atoms with Gasteiger partial charge < -0.3 is 24.8 Å². The number of hydrogen-bond acceptors (Lipinski definition) is 6. The number of alkyl carbamates (subject to hydrolysis) is 1. The highest BCUT2D eigenvalue weighted by molar-refractivity contribution is 5.90. The summed E-state index contributed by atoms with van der Waals surface area (Å²) in [5.41, 5.74) is 0.140. The van der Waals surface area contributed by atoms with Gasteiger partial charge in [-0.3, -0.25) is 4.79 Å². The summed E-state index contributed by atoms with van der Waals surface area (Å²) < 4.78 is 15.1. The highest BCUT2D eigenvalue weighted by atomic mass is 16.6. The summed E-state index contributed by atoms with van der Waals surface area (Å²) in [7, 11) is 2.66. The molecule has 8 heteroatoms. The van der Waals surface area contributed by atoms with E-state index in [0.29, 0.717) is 0 Å². The summed E-state index contributed by atoms with van der Waals surface area (Å²) in [4.78, 5) is 37.2. The third-order valence-corrected chi connectivity index (χ3v) is 4.40. The minimum atomic E-state index is -1.04. The van der Waals surface area contributed by atoms with E-state index in [1.807, 2.05) is 42.5 Å². The van der Waals surface area contributed by atoms with E-state index in [0.717, 1.165) is 16.3 Å². The molecule has 2 unspecified atom stereocenters. The Hall–Kier alpha value is -3.13. The molecule has 0 fully saturated rings. The molecule has 8 nitrogen and oxygen atoms in total. The van der Waals surface area contributed by atoms with Crippen LogP contribution in [0, 0.1) is 0 Å². The van der Waals surface area contributed by atoms with Crippen molar-refractivity contribution in [3.8, 4) is 0 Å². The van der Waals surface area contributed by atoms with Crippen LogP contribution in [0.15, 0.2) is 42.5 Å². The summed E-state index contributed by atoms with van der Waals surface area (Å²) in [6, 6.07) is 11.7. The molecular formula is C23H30N2O6. The Morgan fingerprint density at radius 2 is 1.61 bits per heavy atom. The van der Waals surface area contributed by atoms with Crippen LogP contribution in [0.4, 0.5) is 4.79 Å². The molecule has 2 atom stereocenters. The van der Waals surface area contributed by atoms with E-state index < -0.39 is 35.7 Å². The fourth-order valence-corrected chi connectivity index (χ4v) is 3.01. The van der Waals surface area contributed by atoms with E-state index in [1.54, 1.807) is 20.8 Å². The number of ether oxygens (including phenoxy) is 3. The predicted molar refractivity (Wildman–Crippen MR) is 117 cm³/mol. The van der Waals surface area contributed by atoms with Gasteiger partial charge in [-0.15, -0.1) is 0 Å². The Morgan fingerprint density at radius 3 is 2.23 bits per heavy atom. The summed E-state index contributed by atoms with van der Waals surface area (Å²) in [5, 5.41) is 7.23. The summed E-state index contributed by atoms with van der Waals surface area (Å²) >= 11 is 0. The molecule has 2 amide bonds. The maximum atomic E-state index is 12.8. The zero-order valence-electron chi connectivity index (χ0n) is 18.6. The van der Waals surface area contributed by atoms with Crippen molar-refractivity contribution in [2.24, 2.45) is 0 Å². The number of fused-ring (bicyclic) bond motifs is 1. The van der Waals surface area contributed by atoms with Crippen LogP contribution in [0.2, 0.25) is 0 Å². The second-order valence-corrected chi connectivity index (χ2v) is 8.12. The van der Waals surface area contributed by atoms with Crippen LogP contribution in [-0.2, 0) is 30.2 Å². The molecule has 0 saturated carbocycles. The van der Waals surface area contributed by atoms with E-state index in [4.69, 9.17) is 14.2 Å². The first-order valence-corrected chi connectivity index (χ1v) is 9.97. The van der Waals surface area contributed by atoms with Gasteiger partial charge in [0.05, 0.1) is 13.7 Å². The maximum absolute atomic E-state index is 12.8. The lowest BCUT2D eigenvalue weighted by molar-refractivity contribution is -0.145. The predicted octanol–water partition coefficient (Wildman–Crippen LogP) is 2.58. The summed E-state index contributed by atoms with van der Waals surface area (Å²) in [5.74, 6) is -1.17. The van der Waals surface area contributed by atoms with Crippen LogP contribution in [0.1, 0.15) is 26.3 Å². The van der Waals surface area contributed by atoms with Gasteiger partial charge in [0.15, 0.2) is 0 Å². The molecule has 168 valence electrons. The highest BCUT2D eigenvalue weighted by Crippen LogP contribution is 2.17. The first kappa shape index (κ1) is 24.1. The minimum Gasteiger partial charge on any atom is -0.467 e. The quantitative estimate of drug-likeness (QED) is 0.624. The van der Waals surface area contributed by atoms with Crippen LogP contribution in [0.3, 0.4) is 0 Å². The number of carbonyl (C=O) groups is 3. The lowest BCUT2D eigenvalue weighted by Crippen LogP contribution is -2.54. The fourth-order valence-electron chi connectivity index (χ4n) is 3.01. The molecule has 2 rings (SSSR count). The van der Waals surface area contributed by atoms with Crippen molar-refractivity contribution < 1.29 is 28.6 Å². The lowest BCUT2D eigenvalue weighted by Gasteiger charge is -2.24. The number of nitrogens with one attached hydrogen (secondary N) is 2. The standard InChI is InChI=1S/C23H30N2O6/c1-23(2,3)31-22(28)25-19(14-29-4)20(26)24-18(21(27)30-5)13-15-10-11-16-8-6-7-9-17(16)12-15/h6-12,18-19H,13-14H2,1-5H3,(H,24,26)(H,25,28). The van der Waals surface area contributed by atoms with E-state index in [1.165, 1.54) is 14.2 Å². The van der Waals surface area contributed by atoms with Gasteiger partial charge in [-0.2, -0.15) is 0 Å². The number of methoxy groups -OCH3 is 2. The van der Waals surface area contributed by atoms with Gasteiger partial charge in [0.2, 0.25) is 5.91 Å². The molecule has 31 heavy (non-hydrogen) atoms. The summed E-state index contributed by atoms with van der Waals surface area (Å²) in [6.07, 6.45) is -0.524. The Morgan fingerprint density at radius 1 is 0.935 bits per heavy atom. The Kier molecular flexibility index (Phi) is 8.38. The van der Waals surface area contributed by atoms with Crippen molar-refractivity contribution >= 4 is 28.7 Å². The molecule has 2 aromatic carbocycles. The molecule has 0 radical (unpaired) electrons. The largest absolute Gasteiger partial charge is 0.467 e. The smallest absolute Gasteiger partial charge is 0.408 e. The average molecular weight is 431 g/mol. The third kappa shape index (κ3) is 7.57. The van der Waals surface area contributed by atoms with Crippen LogP contribution >= 0.6 is 0 Å². The number of amides is 2. The number of esters is 1. The van der Waals surface area contributed by atoms with Crippen molar-refractivity contribution in [1.29, 1.82) is 0 Å². The van der Waals surface area contributed by atoms with Gasteiger partial charge >= 0.3 is 12.1 Å². The maximum Gasteiger partial charge on any atom is 0.408 e. The fraction of sp³-hybridized carbons (Fsp3) is 0.435. The van der Waals surface area contributed by atoms with Crippen LogP contribution < -0.4 is 10.6 Å². The third-order valence-electron chi connectivity index (χ3n) is 4.40. The molecule has 0 aromatic heterocycles. The molecule has 2 aromatic rings. The SMILES string of the molecule is COCC(NC(=O)OC(C)(C)C)C(=O)NC(Cc1ccc2ccccc2c1)C(=O)OC. The highest BCUT2D eigenvalue weighted by Gasteiger charge is 2.29. The first-order valence-electron chi connectivity index (χ1n) is 9.97. The van der Waals surface area contributed by atoms with Gasteiger partial charge in [-0.1, -0.05) is 42.5 Å². The van der Waals surface area contributed by atoms with Gasteiger partial charge in [-0.05, 0) is 37.1 Å². The van der Waals surface area contributed by atoms with Crippen molar-refractivity contribution in [2.45, 2.75) is 44.9 Å². The topological polar surface area (TPSA) is 103 Å². The van der Waals surface area contributed by atoms with Gasteiger partial charge in [0, 0.05) is 13.5 Å².